The summed E-state index contributed by atoms with van der Waals surface area (Å²) in [7, 11) is 0. The van der Waals surface area contributed by atoms with Crippen molar-refractivity contribution in [1.29, 1.82) is 0 Å². The van der Waals surface area contributed by atoms with Crippen LogP contribution in [0.2, 0.25) is 0 Å². The molecule has 0 aliphatic heterocycles. The Morgan fingerprint density at radius 1 is 1.15 bits per heavy atom. The van der Waals surface area contributed by atoms with Crippen LogP contribution in [-0.2, 0) is 6.54 Å². The molecular weight excluding hydrogens is 397 g/mol. The van der Waals surface area contributed by atoms with Gasteiger partial charge in [-0.1, -0.05) is 41.3 Å². The molecule has 4 nitrogen and oxygen atoms in total. The van der Waals surface area contributed by atoms with Crippen molar-refractivity contribution >= 4 is 27.6 Å². The number of nitrogens with zero attached hydrogens (tertiary/aromatic N) is 1. The lowest BCUT2D eigenvalue weighted by Gasteiger charge is -2.25. The third-order valence-corrected chi connectivity index (χ3v) is 4.96. The zero-order chi connectivity index (χ0) is 18.4. The number of phenols is 1. The van der Waals surface area contributed by atoms with Gasteiger partial charge in [-0.3, -0.25) is 0 Å². The summed E-state index contributed by atoms with van der Waals surface area (Å²) in [5.41, 5.74) is 1.27. The fourth-order valence-electron chi connectivity index (χ4n) is 3.11. The Labute approximate surface area is 161 Å². The lowest BCUT2D eigenvalue weighted by molar-refractivity contribution is 0.413. The average Bonchev–Trinajstić information content (AvgIpc) is 2.63. The van der Waals surface area contributed by atoms with Crippen LogP contribution in [0, 0.1) is 5.82 Å². The molecule has 6 heteroatoms. The van der Waals surface area contributed by atoms with Crippen molar-refractivity contribution in [3.8, 4) is 5.75 Å². The van der Waals surface area contributed by atoms with Crippen molar-refractivity contribution in [2.75, 3.05) is 5.32 Å². The van der Waals surface area contributed by atoms with Crippen LogP contribution in [0.15, 0.2) is 51.9 Å². The first kappa shape index (κ1) is 18.7. The summed E-state index contributed by atoms with van der Waals surface area (Å²) >= 11 is 3.37. The van der Waals surface area contributed by atoms with Crippen molar-refractivity contribution in [2.24, 2.45) is 4.99 Å². The second-order valence-corrected chi connectivity index (χ2v) is 7.47. The van der Waals surface area contributed by atoms with Gasteiger partial charge in [0.05, 0.1) is 6.54 Å². The molecule has 3 N–H and O–H groups in total. The van der Waals surface area contributed by atoms with Crippen LogP contribution in [0.4, 0.5) is 10.1 Å². The Balaban J connectivity index is 1.77. The zero-order valence-electron chi connectivity index (χ0n) is 14.5. The molecular formula is C20H23BrFN3O. The Hall–Kier alpha value is -2.08. The van der Waals surface area contributed by atoms with Crippen LogP contribution in [0.25, 0.3) is 0 Å². The van der Waals surface area contributed by atoms with E-state index in [1.165, 1.54) is 25.3 Å². The highest BCUT2D eigenvalue weighted by Crippen LogP contribution is 2.20. The molecule has 26 heavy (non-hydrogen) atoms. The van der Waals surface area contributed by atoms with Crippen molar-refractivity contribution in [1.82, 2.24) is 5.32 Å². The van der Waals surface area contributed by atoms with Crippen molar-refractivity contribution in [3.63, 3.8) is 0 Å². The topological polar surface area (TPSA) is 56.6 Å². The van der Waals surface area contributed by atoms with Crippen molar-refractivity contribution in [3.05, 3.63) is 58.3 Å². The van der Waals surface area contributed by atoms with Gasteiger partial charge in [-0.05, 0) is 43.2 Å². The van der Waals surface area contributed by atoms with E-state index in [1.54, 1.807) is 30.3 Å². The lowest BCUT2D eigenvalue weighted by atomic mass is 9.96. The summed E-state index contributed by atoms with van der Waals surface area (Å²) in [4.78, 5) is 4.57. The van der Waals surface area contributed by atoms with Crippen LogP contribution in [0.1, 0.15) is 37.7 Å². The summed E-state index contributed by atoms with van der Waals surface area (Å²) in [6, 6.07) is 12.1. The van der Waals surface area contributed by atoms with Gasteiger partial charge in [0, 0.05) is 27.8 Å². The zero-order valence-corrected chi connectivity index (χ0v) is 16.1. The largest absolute Gasteiger partial charge is 0.508 e. The molecule has 3 rings (SSSR count). The third-order valence-electron chi connectivity index (χ3n) is 4.47. The smallest absolute Gasteiger partial charge is 0.196 e. The molecule has 0 heterocycles. The Morgan fingerprint density at radius 2 is 1.96 bits per heavy atom. The van der Waals surface area contributed by atoms with Crippen LogP contribution < -0.4 is 10.6 Å². The number of hydrogen-bond donors (Lipinski definition) is 3. The molecule has 1 fully saturated rings. The molecule has 0 amide bonds. The van der Waals surface area contributed by atoms with E-state index in [-0.39, 0.29) is 18.1 Å². The number of aliphatic imine (C=N–C) groups is 1. The van der Waals surface area contributed by atoms with Crippen LogP contribution >= 0.6 is 15.9 Å². The Bertz CT molecular complexity index is 775. The minimum atomic E-state index is -0.272. The second-order valence-electron chi connectivity index (χ2n) is 6.56. The number of anilines is 1. The summed E-state index contributed by atoms with van der Waals surface area (Å²) in [6.07, 6.45) is 5.89. The van der Waals surface area contributed by atoms with Gasteiger partial charge in [-0.2, -0.15) is 0 Å². The van der Waals surface area contributed by atoms with Gasteiger partial charge in [-0.15, -0.1) is 0 Å². The molecule has 138 valence electrons. The third kappa shape index (κ3) is 5.46. The number of nitrogens with one attached hydrogen (secondary N) is 2. The van der Waals surface area contributed by atoms with Crippen LogP contribution in [0.5, 0.6) is 5.75 Å². The fraction of sp³-hybridized carbons (Fsp3) is 0.350. The van der Waals surface area contributed by atoms with E-state index in [1.807, 2.05) is 6.07 Å². The molecule has 0 aromatic heterocycles. The molecule has 2 aromatic rings. The quantitative estimate of drug-likeness (QED) is 0.472. The van der Waals surface area contributed by atoms with Gasteiger partial charge < -0.3 is 15.7 Å². The van der Waals surface area contributed by atoms with Gasteiger partial charge in [-0.25, -0.2) is 9.38 Å². The number of halogens is 2. The second kappa shape index (κ2) is 9.03. The first-order chi connectivity index (χ1) is 12.6. The first-order valence-corrected chi connectivity index (χ1v) is 9.70. The first-order valence-electron chi connectivity index (χ1n) is 8.91. The standard InChI is InChI=1S/C20H23BrFN3O/c21-15-9-10-19(22)14(11-15)13-23-20(24-16-5-2-1-3-6-16)25-17-7-4-8-18(26)12-17/h4,7-12,16,26H,1-3,5-6,13H2,(H2,23,24,25). The number of rotatable bonds is 4. The molecule has 1 saturated carbocycles. The number of benzene rings is 2. The van der Waals surface area contributed by atoms with Gasteiger partial charge in [0.25, 0.3) is 0 Å². The monoisotopic (exact) mass is 419 g/mol. The normalized spacial score (nSPS) is 15.7. The van der Waals surface area contributed by atoms with E-state index in [0.29, 0.717) is 17.6 Å². The van der Waals surface area contributed by atoms with Gasteiger partial charge in [0.1, 0.15) is 11.6 Å². The molecule has 0 bridgehead atoms. The predicted octanol–water partition coefficient (Wildman–Crippen LogP) is 5.18. The molecule has 0 saturated heterocycles. The van der Waals surface area contributed by atoms with E-state index in [0.717, 1.165) is 23.0 Å². The summed E-state index contributed by atoms with van der Waals surface area (Å²) in [5, 5.41) is 16.3. The average molecular weight is 420 g/mol. The minimum Gasteiger partial charge on any atom is -0.508 e. The van der Waals surface area contributed by atoms with Crippen LogP contribution in [-0.4, -0.2) is 17.1 Å². The maximum atomic E-state index is 14.0. The molecule has 2 aromatic carbocycles. The molecule has 0 unspecified atom stereocenters. The summed E-state index contributed by atoms with van der Waals surface area (Å²) < 4.78 is 14.8. The Kier molecular flexibility index (Phi) is 6.50. The SMILES string of the molecule is Oc1cccc(NC(=NCc2cc(Br)ccc2F)NC2CCCCC2)c1. The van der Waals surface area contributed by atoms with Gasteiger partial charge >= 0.3 is 0 Å². The Morgan fingerprint density at radius 3 is 2.73 bits per heavy atom. The molecule has 0 atom stereocenters. The van der Waals surface area contributed by atoms with E-state index >= 15 is 0 Å². The van der Waals surface area contributed by atoms with E-state index in [4.69, 9.17) is 0 Å². The maximum absolute atomic E-state index is 14.0. The highest BCUT2D eigenvalue weighted by atomic mass is 79.9. The number of guanidine groups is 1. The van der Waals surface area contributed by atoms with Crippen molar-refractivity contribution in [2.45, 2.75) is 44.7 Å². The maximum Gasteiger partial charge on any atom is 0.196 e. The van der Waals surface area contributed by atoms with Gasteiger partial charge in [0.15, 0.2) is 5.96 Å². The number of hydrogen-bond acceptors (Lipinski definition) is 2. The molecule has 1 aliphatic carbocycles. The van der Waals surface area contributed by atoms with Crippen molar-refractivity contribution < 1.29 is 9.50 Å². The van der Waals surface area contributed by atoms with E-state index in [9.17, 15) is 9.50 Å². The molecule has 0 spiro atoms. The summed E-state index contributed by atoms with van der Waals surface area (Å²) in [5.74, 6) is 0.512. The fourth-order valence-corrected chi connectivity index (χ4v) is 3.52. The minimum absolute atomic E-state index is 0.185. The lowest BCUT2D eigenvalue weighted by Crippen LogP contribution is -2.40. The number of phenolic OH excluding ortho intramolecular Hbond substituents is 1. The predicted molar refractivity (Wildman–Crippen MR) is 107 cm³/mol. The highest BCUT2D eigenvalue weighted by molar-refractivity contribution is 9.10. The van der Waals surface area contributed by atoms with E-state index < -0.39 is 0 Å². The summed E-state index contributed by atoms with van der Waals surface area (Å²) in [6.45, 7) is 0.228. The molecule has 0 radical (unpaired) electrons. The highest BCUT2D eigenvalue weighted by Gasteiger charge is 2.15. The van der Waals surface area contributed by atoms with E-state index in [2.05, 4.69) is 31.6 Å². The number of aromatic hydroxyl groups is 1. The molecule has 1 aliphatic rings. The van der Waals surface area contributed by atoms with Gasteiger partial charge in [0.2, 0.25) is 0 Å². The van der Waals surface area contributed by atoms with Crippen LogP contribution in [0.3, 0.4) is 0 Å².